The maximum absolute atomic E-state index is 12.3. The first kappa shape index (κ1) is 22.4. The number of benzene rings is 3. The molecule has 0 saturated carbocycles. The van der Waals surface area contributed by atoms with E-state index in [-0.39, 0.29) is 19.9 Å². The fourth-order valence-corrected chi connectivity index (χ4v) is 3.14. The molecular formula is C25H20N4O5. The van der Waals surface area contributed by atoms with Gasteiger partial charge in [-0.25, -0.2) is 5.43 Å². The predicted octanol–water partition coefficient (Wildman–Crippen LogP) is 2.75. The Hall–Kier alpha value is -4.84. The zero-order valence-corrected chi connectivity index (χ0v) is 18.0. The highest BCUT2D eigenvalue weighted by Crippen LogP contribution is 2.32. The molecule has 0 aromatic heterocycles. The van der Waals surface area contributed by atoms with Gasteiger partial charge in [0.05, 0.1) is 24.4 Å². The molecule has 4 rings (SSSR count). The summed E-state index contributed by atoms with van der Waals surface area (Å²) in [5.41, 5.74) is 4.68. The van der Waals surface area contributed by atoms with Crippen molar-refractivity contribution < 1.29 is 23.8 Å². The predicted molar refractivity (Wildman–Crippen MR) is 123 cm³/mol. The number of carbonyl (C=O) groups excluding carboxylic acids is 2. The molecule has 3 aromatic carbocycles. The molecule has 1 heterocycles. The first-order valence-electron chi connectivity index (χ1n) is 10.3. The third-order valence-corrected chi connectivity index (χ3v) is 4.88. The van der Waals surface area contributed by atoms with Crippen molar-refractivity contribution in [3.8, 4) is 23.3 Å². The van der Waals surface area contributed by atoms with Gasteiger partial charge >= 0.3 is 0 Å². The maximum atomic E-state index is 12.3. The molecule has 2 amide bonds. The highest BCUT2D eigenvalue weighted by molar-refractivity contribution is 5.97. The van der Waals surface area contributed by atoms with Crippen molar-refractivity contribution in [2.75, 3.05) is 13.3 Å². The largest absolute Gasteiger partial charge is 0.488 e. The molecule has 34 heavy (non-hydrogen) atoms. The van der Waals surface area contributed by atoms with E-state index in [1.807, 2.05) is 24.3 Å². The summed E-state index contributed by atoms with van der Waals surface area (Å²) >= 11 is 0. The maximum Gasteiger partial charge on any atom is 0.259 e. The number of nitriles is 1. The van der Waals surface area contributed by atoms with Crippen molar-refractivity contribution in [1.82, 2.24) is 10.7 Å². The number of rotatable bonds is 8. The lowest BCUT2D eigenvalue weighted by Gasteiger charge is -2.10. The number of nitrogens with zero attached hydrogens (tertiary/aromatic N) is 2. The van der Waals surface area contributed by atoms with Gasteiger partial charge in [-0.3, -0.25) is 9.59 Å². The summed E-state index contributed by atoms with van der Waals surface area (Å²) in [7, 11) is 0. The molecule has 1 aliphatic heterocycles. The van der Waals surface area contributed by atoms with Crippen LogP contribution in [0.15, 0.2) is 71.8 Å². The monoisotopic (exact) mass is 456 g/mol. The van der Waals surface area contributed by atoms with Gasteiger partial charge in [-0.1, -0.05) is 30.3 Å². The van der Waals surface area contributed by atoms with Crippen molar-refractivity contribution in [3.63, 3.8) is 0 Å². The van der Waals surface area contributed by atoms with Crippen molar-refractivity contribution >= 4 is 18.0 Å². The molecular weight excluding hydrogens is 436 g/mol. The Balaban J connectivity index is 1.29. The molecule has 0 saturated heterocycles. The van der Waals surface area contributed by atoms with E-state index in [1.54, 1.807) is 42.5 Å². The minimum absolute atomic E-state index is 0.113. The molecule has 0 bridgehead atoms. The van der Waals surface area contributed by atoms with Crippen LogP contribution in [0.4, 0.5) is 0 Å². The number of carbonyl (C=O) groups is 2. The lowest BCUT2D eigenvalue weighted by atomic mass is 10.1. The van der Waals surface area contributed by atoms with Crippen LogP contribution in [-0.4, -0.2) is 31.4 Å². The van der Waals surface area contributed by atoms with E-state index in [2.05, 4.69) is 21.9 Å². The molecule has 9 heteroatoms. The Morgan fingerprint density at radius 2 is 1.85 bits per heavy atom. The quantitative estimate of drug-likeness (QED) is 0.397. The summed E-state index contributed by atoms with van der Waals surface area (Å²) < 4.78 is 16.3. The molecule has 0 spiro atoms. The smallest absolute Gasteiger partial charge is 0.259 e. The fourth-order valence-electron chi connectivity index (χ4n) is 3.14. The molecule has 2 N–H and O–H groups in total. The van der Waals surface area contributed by atoms with Crippen LogP contribution in [0.3, 0.4) is 0 Å². The van der Waals surface area contributed by atoms with Crippen LogP contribution >= 0.6 is 0 Å². The van der Waals surface area contributed by atoms with Crippen molar-refractivity contribution in [2.24, 2.45) is 5.10 Å². The highest BCUT2D eigenvalue weighted by Gasteiger charge is 2.16. The molecule has 3 aromatic rings. The molecule has 9 nitrogen and oxygen atoms in total. The van der Waals surface area contributed by atoms with Gasteiger partial charge in [-0.15, -0.1) is 0 Å². The lowest BCUT2D eigenvalue weighted by Crippen LogP contribution is -2.34. The standard InChI is InChI=1S/C25H20N4O5/c26-12-18-5-1-2-7-20(18)15-32-21-8-4-3-6-19(21)13-28-29-24(30)14-27-25(31)17-9-10-22-23(11-17)34-16-33-22/h1-11,13H,14-16H2,(H,27,31)(H,29,30)/b28-13-. The van der Waals surface area contributed by atoms with Gasteiger partial charge < -0.3 is 19.5 Å². The summed E-state index contributed by atoms with van der Waals surface area (Å²) in [6.45, 7) is 0.0721. The van der Waals surface area contributed by atoms with Gasteiger partial charge in [0.25, 0.3) is 11.8 Å². The van der Waals surface area contributed by atoms with Crippen LogP contribution in [0.1, 0.15) is 27.0 Å². The van der Waals surface area contributed by atoms with Crippen molar-refractivity contribution in [1.29, 1.82) is 5.26 Å². The van der Waals surface area contributed by atoms with E-state index < -0.39 is 11.8 Å². The van der Waals surface area contributed by atoms with Gasteiger partial charge in [0.2, 0.25) is 6.79 Å². The van der Waals surface area contributed by atoms with Gasteiger partial charge in [0, 0.05) is 16.7 Å². The number of nitrogens with one attached hydrogen (secondary N) is 2. The van der Waals surface area contributed by atoms with Gasteiger partial charge in [-0.05, 0) is 36.4 Å². The fraction of sp³-hybridized carbons (Fsp3) is 0.120. The van der Waals surface area contributed by atoms with E-state index in [0.29, 0.717) is 33.9 Å². The number of fused-ring (bicyclic) bond motifs is 1. The minimum atomic E-state index is -0.494. The Morgan fingerprint density at radius 1 is 1.06 bits per heavy atom. The number of hydrogen-bond acceptors (Lipinski definition) is 7. The Bertz CT molecular complexity index is 1280. The summed E-state index contributed by atoms with van der Waals surface area (Å²) in [5.74, 6) is 0.686. The van der Waals surface area contributed by atoms with Crippen LogP contribution in [-0.2, 0) is 11.4 Å². The third-order valence-electron chi connectivity index (χ3n) is 4.88. The minimum Gasteiger partial charge on any atom is -0.488 e. The second-order valence-corrected chi connectivity index (χ2v) is 7.14. The first-order valence-corrected chi connectivity index (χ1v) is 10.3. The third kappa shape index (κ3) is 5.49. The molecule has 170 valence electrons. The zero-order valence-electron chi connectivity index (χ0n) is 18.0. The number of hydrazone groups is 1. The lowest BCUT2D eigenvalue weighted by molar-refractivity contribution is -0.120. The second-order valence-electron chi connectivity index (χ2n) is 7.14. The number of ether oxygens (including phenoxy) is 3. The molecule has 0 unspecified atom stereocenters. The van der Waals surface area contributed by atoms with Crippen LogP contribution in [0.2, 0.25) is 0 Å². The van der Waals surface area contributed by atoms with Gasteiger partial charge in [0.15, 0.2) is 11.5 Å². The molecule has 1 aliphatic rings. The average Bonchev–Trinajstić information content (AvgIpc) is 3.35. The Labute approximate surface area is 195 Å². The molecule has 0 aliphatic carbocycles. The molecule has 0 radical (unpaired) electrons. The van der Waals surface area contributed by atoms with Crippen LogP contribution in [0.5, 0.6) is 17.2 Å². The van der Waals surface area contributed by atoms with E-state index >= 15 is 0 Å². The second kappa shape index (κ2) is 10.7. The highest BCUT2D eigenvalue weighted by atomic mass is 16.7. The molecule has 0 fully saturated rings. The summed E-state index contributed by atoms with van der Waals surface area (Å²) in [6.07, 6.45) is 1.45. The SMILES string of the molecule is N#Cc1ccccc1COc1ccccc1/C=N\NC(=O)CNC(=O)c1ccc2c(c1)OCO2. The van der Waals surface area contributed by atoms with Gasteiger partial charge in [-0.2, -0.15) is 10.4 Å². The first-order chi connectivity index (χ1) is 16.6. The van der Waals surface area contributed by atoms with Crippen molar-refractivity contribution in [3.05, 3.63) is 89.0 Å². The summed E-state index contributed by atoms with van der Waals surface area (Å²) in [5, 5.41) is 15.7. The number of para-hydroxylation sites is 1. The van der Waals surface area contributed by atoms with E-state index in [0.717, 1.165) is 5.56 Å². The van der Waals surface area contributed by atoms with E-state index in [4.69, 9.17) is 14.2 Å². The number of hydrogen-bond donors (Lipinski definition) is 2. The Morgan fingerprint density at radius 3 is 2.74 bits per heavy atom. The van der Waals surface area contributed by atoms with Crippen LogP contribution in [0, 0.1) is 11.3 Å². The normalized spacial score (nSPS) is 11.6. The van der Waals surface area contributed by atoms with Crippen LogP contribution < -0.4 is 25.0 Å². The summed E-state index contributed by atoms with van der Waals surface area (Å²) in [4.78, 5) is 24.3. The van der Waals surface area contributed by atoms with E-state index in [1.165, 1.54) is 6.21 Å². The van der Waals surface area contributed by atoms with Crippen molar-refractivity contribution in [2.45, 2.75) is 6.61 Å². The summed E-state index contributed by atoms with van der Waals surface area (Å²) in [6, 6.07) is 21.3. The molecule has 0 atom stereocenters. The zero-order chi connectivity index (χ0) is 23.8. The topological polar surface area (TPSA) is 122 Å². The Kier molecular flexibility index (Phi) is 7.00. The van der Waals surface area contributed by atoms with Crippen LogP contribution in [0.25, 0.3) is 0 Å². The number of amides is 2. The average molecular weight is 456 g/mol. The van der Waals surface area contributed by atoms with Gasteiger partial charge in [0.1, 0.15) is 12.4 Å². The van der Waals surface area contributed by atoms with E-state index in [9.17, 15) is 14.9 Å².